The molecule has 5 heteroatoms. The number of amides is 1. The van der Waals surface area contributed by atoms with Crippen molar-refractivity contribution in [3.05, 3.63) is 64.6 Å². The van der Waals surface area contributed by atoms with E-state index in [2.05, 4.69) is 6.92 Å². The van der Waals surface area contributed by atoms with Gasteiger partial charge in [0.05, 0.1) is 7.11 Å². The van der Waals surface area contributed by atoms with Crippen LogP contribution < -0.4 is 10.3 Å². The first-order valence-corrected chi connectivity index (χ1v) is 8.91. The second-order valence-corrected chi connectivity index (χ2v) is 6.69. The van der Waals surface area contributed by atoms with Crippen LogP contribution in [-0.4, -0.2) is 35.6 Å². The van der Waals surface area contributed by atoms with E-state index < -0.39 is 0 Å². The Morgan fingerprint density at radius 3 is 2.42 bits per heavy atom. The summed E-state index contributed by atoms with van der Waals surface area (Å²) >= 11 is 0. The van der Waals surface area contributed by atoms with Gasteiger partial charge in [-0.15, -0.1) is 0 Å². The number of benzene rings is 1. The van der Waals surface area contributed by atoms with Crippen LogP contribution in [0.5, 0.6) is 5.75 Å². The monoisotopic (exact) mass is 352 g/mol. The molecule has 1 aliphatic heterocycles. The lowest BCUT2D eigenvalue weighted by molar-refractivity contribution is -0.126. The number of nitrogens with zero attached hydrogens (tertiary/aromatic N) is 2. The Labute approximate surface area is 153 Å². The SMILES string of the molecule is COc1ccc(C=C(C(=O)N2CCC(C)CC2)n2ccccc2=O)cc1. The van der Waals surface area contributed by atoms with Crippen LogP contribution in [0, 0.1) is 5.92 Å². The Morgan fingerprint density at radius 2 is 1.81 bits per heavy atom. The van der Waals surface area contributed by atoms with Crippen molar-refractivity contribution in [2.45, 2.75) is 19.8 Å². The summed E-state index contributed by atoms with van der Waals surface area (Å²) in [6.07, 6.45) is 5.39. The molecule has 0 spiro atoms. The molecule has 0 unspecified atom stereocenters. The van der Waals surface area contributed by atoms with Crippen molar-refractivity contribution in [2.24, 2.45) is 5.92 Å². The largest absolute Gasteiger partial charge is 0.497 e. The molecule has 3 rings (SSSR count). The van der Waals surface area contributed by atoms with Crippen LogP contribution in [0.15, 0.2) is 53.5 Å². The fourth-order valence-electron chi connectivity index (χ4n) is 3.09. The molecule has 2 aromatic rings. The summed E-state index contributed by atoms with van der Waals surface area (Å²) in [6, 6.07) is 12.3. The molecule has 26 heavy (non-hydrogen) atoms. The molecule has 1 fully saturated rings. The molecule has 1 amide bonds. The van der Waals surface area contributed by atoms with Crippen molar-refractivity contribution in [3.63, 3.8) is 0 Å². The van der Waals surface area contributed by atoms with Crippen molar-refractivity contribution in [3.8, 4) is 5.75 Å². The molecule has 0 N–H and O–H groups in total. The van der Waals surface area contributed by atoms with E-state index in [1.165, 1.54) is 10.6 Å². The number of hydrogen-bond acceptors (Lipinski definition) is 3. The van der Waals surface area contributed by atoms with Gasteiger partial charge in [0.15, 0.2) is 0 Å². The Hall–Kier alpha value is -2.82. The van der Waals surface area contributed by atoms with E-state index in [4.69, 9.17) is 4.74 Å². The van der Waals surface area contributed by atoms with Crippen molar-refractivity contribution in [1.82, 2.24) is 9.47 Å². The van der Waals surface area contributed by atoms with Crippen molar-refractivity contribution in [2.75, 3.05) is 20.2 Å². The summed E-state index contributed by atoms with van der Waals surface area (Å²) in [7, 11) is 1.61. The number of carbonyl (C=O) groups excluding carboxylic acids is 1. The average molecular weight is 352 g/mol. The van der Waals surface area contributed by atoms with E-state index in [-0.39, 0.29) is 11.5 Å². The maximum atomic E-state index is 13.2. The number of hydrogen-bond donors (Lipinski definition) is 0. The number of carbonyl (C=O) groups is 1. The standard InChI is InChI=1S/C21H24N2O3/c1-16-10-13-22(14-11-16)21(25)19(23-12-4-3-5-20(23)24)15-17-6-8-18(26-2)9-7-17/h3-9,12,15-16H,10-11,13-14H2,1-2H3. The number of rotatable bonds is 4. The molecular weight excluding hydrogens is 328 g/mol. The zero-order valence-corrected chi connectivity index (χ0v) is 15.2. The topological polar surface area (TPSA) is 51.5 Å². The maximum absolute atomic E-state index is 13.2. The highest BCUT2D eigenvalue weighted by Crippen LogP contribution is 2.21. The van der Waals surface area contributed by atoms with Gasteiger partial charge in [-0.3, -0.25) is 14.2 Å². The molecular formula is C21H24N2O3. The highest BCUT2D eigenvalue weighted by atomic mass is 16.5. The summed E-state index contributed by atoms with van der Waals surface area (Å²) in [5, 5.41) is 0. The third-order valence-electron chi connectivity index (χ3n) is 4.79. The molecule has 1 aromatic heterocycles. The van der Waals surface area contributed by atoms with Gasteiger partial charge < -0.3 is 9.64 Å². The quantitative estimate of drug-likeness (QED) is 0.795. The Balaban J connectivity index is 1.98. The van der Waals surface area contributed by atoms with Crippen LogP contribution >= 0.6 is 0 Å². The third-order valence-corrected chi connectivity index (χ3v) is 4.79. The lowest BCUT2D eigenvalue weighted by Gasteiger charge is -2.31. The van der Waals surface area contributed by atoms with E-state index >= 15 is 0 Å². The number of likely N-dealkylation sites (tertiary alicyclic amines) is 1. The van der Waals surface area contributed by atoms with Gasteiger partial charge in [-0.1, -0.05) is 25.1 Å². The van der Waals surface area contributed by atoms with Crippen molar-refractivity contribution < 1.29 is 9.53 Å². The van der Waals surface area contributed by atoms with Gasteiger partial charge in [0.25, 0.3) is 11.5 Å². The Bertz CT molecular complexity index is 844. The minimum atomic E-state index is -0.217. The molecule has 1 saturated heterocycles. The molecule has 0 radical (unpaired) electrons. The highest BCUT2D eigenvalue weighted by Gasteiger charge is 2.24. The van der Waals surface area contributed by atoms with Gasteiger partial charge >= 0.3 is 0 Å². The number of pyridine rings is 1. The van der Waals surface area contributed by atoms with Gasteiger partial charge in [-0.2, -0.15) is 0 Å². The number of ether oxygens (including phenoxy) is 1. The predicted molar refractivity (Wildman–Crippen MR) is 103 cm³/mol. The van der Waals surface area contributed by atoms with Crippen LogP contribution in [0.4, 0.5) is 0 Å². The lowest BCUT2D eigenvalue weighted by atomic mass is 9.99. The molecule has 0 atom stereocenters. The van der Waals surface area contributed by atoms with E-state index in [0.29, 0.717) is 11.6 Å². The predicted octanol–water partition coefficient (Wildman–Crippen LogP) is 3.11. The smallest absolute Gasteiger partial charge is 0.270 e. The molecule has 136 valence electrons. The maximum Gasteiger partial charge on any atom is 0.270 e. The molecule has 5 nitrogen and oxygen atoms in total. The number of methoxy groups -OCH3 is 1. The first kappa shape index (κ1) is 18.0. The van der Waals surface area contributed by atoms with Gasteiger partial charge in [0.2, 0.25) is 0 Å². The van der Waals surface area contributed by atoms with Crippen molar-refractivity contribution >= 4 is 17.7 Å². The van der Waals surface area contributed by atoms with Crippen LogP contribution in [0.25, 0.3) is 11.8 Å². The zero-order chi connectivity index (χ0) is 18.5. The molecule has 1 aromatic carbocycles. The minimum Gasteiger partial charge on any atom is -0.497 e. The minimum absolute atomic E-state index is 0.110. The molecule has 0 bridgehead atoms. The fourth-order valence-corrected chi connectivity index (χ4v) is 3.09. The van der Waals surface area contributed by atoms with E-state index in [1.807, 2.05) is 29.2 Å². The van der Waals surface area contributed by atoms with Gasteiger partial charge in [-0.05, 0) is 48.6 Å². The van der Waals surface area contributed by atoms with Gasteiger partial charge in [0.1, 0.15) is 11.4 Å². The van der Waals surface area contributed by atoms with E-state index in [9.17, 15) is 9.59 Å². The summed E-state index contributed by atoms with van der Waals surface area (Å²) in [6.45, 7) is 3.65. The third kappa shape index (κ3) is 4.04. The summed E-state index contributed by atoms with van der Waals surface area (Å²) < 4.78 is 6.60. The molecule has 0 aliphatic carbocycles. The van der Waals surface area contributed by atoms with Gasteiger partial charge in [0, 0.05) is 25.4 Å². The van der Waals surface area contributed by atoms with Crippen LogP contribution in [0.1, 0.15) is 25.3 Å². The second-order valence-electron chi connectivity index (χ2n) is 6.69. The first-order chi connectivity index (χ1) is 12.6. The zero-order valence-electron chi connectivity index (χ0n) is 15.2. The highest BCUT2D eigenvalue weighted by molar-refractivity contribution is 6.18. The first-order valence-electron chi connectivity index (χ1n) is 8.91. The van der Waals surface area contributed by atoms with E-state index in [0.717, 1.165) is 37.2 Å². The Kier molecular flexibility index (Phi) is 5.56. The van der Waals surface area contributed by atoms with Crippen molar-refractivity contribution in [1.29, 1.82) is 0 Å². The average Bonchev–Trinajstić information content (AvgIpc) is 2.67. The van der Waals surface area contributed by atoms with E-state index in [1.54, 1.807) is 31.5 Å². The van der Waals surface area contributed by atoms with Crippen LogP contribution in [0.3, 0.4) is 0 Å². The van der Waals surface area contributed by atoms with Gasteiger partial charge in [-0.25, -0.2) is 0 Å². The lowest BCUT2D eigenvalue weighted by Crippen LogP contribution is -2.40. The molecule has 2 heterocycles. The number of aromatic nitrogens is 1. The summed E-state index contributed by atoms with van der Waals surface area (Å²) in [4.78, 5) is 27.3. The Morgan fingerprint density at radius 1 is 1.12 bits per heavy atom. The normalized spacial score (nSPS) is 15.8. The summed E-state index contributed by atoms with van der Waals surface area (Å²) in [5.74, 6) is 1.27. The second kappa shape index (κ2) is 8.04. The number of piperidine rings is 1. The molecule has 1 aliphatic rings. The van der Waals surface area contributed by atoms with Crippen LogP contribution in [0.2, 0.25) is 0 Å². The fraction of sp³-hybridized carbons (Fsp3) is 0.333. The molecule has 0 saturated carbocycles. The van der Waals surface area contributed by atoms with Crippen LogP contribution in [-0.2, 0) is 4.79 Å². The summed E-state index contributed by atoms with van der Waals surface area (Å²) in [5.41, 5.74) is 0.997.